The Labute approximate surface area is 123 Å². The van der Waals surface area contributed by atoms with Crippen LogP contribution in [0.25, 0.3) is 0 Å². The standard InChI is InChI=1S/C15H19N3OS/c1-11(2)15-16-7-8-18(15)10-14(19)17-12-5-4-6-13(9-12)20-3/h4-9,11H,10H2,1-3H3,(H,17,19). The van der Waals surface area contributed by atoms with Gasteiger partial charge in [0.2, 0.25) is 5.91 Å². The van der Waals surface area contributed by atoms with Crippen LogP contribution in [0.3, 0.4) is 0 Å². The molecule has 2 rings (SSSR count). The van der Waals surface area contributed by atoms with E-state index < -0.39 is 0 Å². The first kappa shape index (κ1) is 14.7. The van der Waals surface area contributed by atoms with Crippen molar-refractivity contribution >= 4 is 23.4 Å². The first-order chi connectivity index (χ1) is 9.60. The number of hydrogen-bond donors (Lipinski definition) is 1. The van der Waals surface area contributed by atoms with E-state index >= 15 is 0 Å². The summed E-state index contributed by atoms with van der Waals surface area (Å²) in [5.74, 6) is 1.19. The van der Waals surface area contributed by atoms with Crippen LogP contribution >= 0.6 is 11.8 Å². The molecule has 0 saturated carbocycles. The van der Waals surface area contributed by atoms with Gasteiger partial charge in [-0.25, -0.2) is 4.98 Å². The van der Waals surface area contributed by atoms with Crippen LogP contribution in [-0.2, 0) is 11.3 Å². The Kier molecular flexibility index (Phi) is 4.84. The number of carbonyl (C=O) groups excluding carboxylic acids is 1. The van der Waals surface area contributed by atoms with E-state index in [1.807, 2.05) is 41.3 Å². The lowest BCUT2D eigenvalue weighted by molar-refractivity contribution is -0.116. The van der Waals surface area contributed by atoms with E-state index in [4.69, 9.17) is 0 Å². The number of nitrogens with one attached hydrogen (secondary N) is 1. The van der Waals surface area contributed by atoms with Gasteiger partial charge in [0.1, 0.15) is 12.4 Å². The molecule has 1 amide bonds. The average molecular weight is 289 g/mol. The molecule has 0 fully saturated rings. The van der Waals surface area contributed by atoms with Crippen molar-refractivity contribution in [3.8, 4) is 0 Å². The van der Waals surface area contributed by atoms with Gasteiger partial charge >= 0.3 is 0 Å². The molecule has 1 aromatic carbocycles. The number of rotatable bonds is 5. The normalized spacial score (nSPS) is 10.8. The smallest absolute Gasteiger partial charge is 0.244 e. The molecule has 0 aliphatic carbocycles. The van der Waals surface area contributed by atoms with Gasteiger partial charge in [0.15, 0.2) is 0 Å². The Bertz CT molecular complexity index is 592. The van der Waals surface area contributed by atoms with Gasteiger partial charge in [0, 0.05) is 28.9 Å². The molecule has 106 valence electrons. The first-order valence-electron chi connectivity index (χ1n) is 6.55. The maximum Gasteiger partial charge on any atom is 0.244 e. The summed E-state index contributed by atoms with van der Waals surface area (Å²) in [4.78, 5) is 17.5. The number of anilines is 1. The monoisotopic (exact) mass is 289 g/mol. The Morgan fingerprint density at radius 3 is 2.95 bits per heavy atom. The van der Waals surface area contributed by atoms with Gasteiger partial charge < -0.3 is 9.88 Å². The van der Waals surface area contributed by atoms with E-state index in [-0.39, 0.29) is 12.5 Å². The van der Waals surface area contributed by atoms with Gasteiger partial charge in [-0.15, -0.1) is 11.8 Å². The zero-order valence-corrected chi connectivity index (χ0v) is 12.8. The van der Waals surface area contributed by atoms with Crippen molar-refractivity contribution in [3.05, 3.63) is 42.5 Å². The SMILES string of the molecule is CSc1cccc(NC(=O)Cn2ccnc2C(C)C)c1. The maximum absolute atomic E-state index is 12.1. The molecule has 5 heteroatoms. The van der Waals surface area contributed by atoms with Gasteiger partial charge in [0.05, 0.1) is 0 Å². The van der Waals surface area contributed by atoms with Crippen LogP contribution in [-0.4, -0.2) is 21.7 Å². The second-order valence-corrected chi connectivity index (χ2v) is 5.73. The van der Waals surface area contributed by atoms with Crippen LogP contribution in [0.4, 0.5) is 5.69 Å². The number of thioether (sulfide) groups is 1. The fraction of sp³-hybridized carbons (Fsp3) is 0.333. The summed E-state index contributed by atoms with van der Waals surface area (Å²) < 4.78 is 1.89. The average Bonchev–Trinajstić information content (AvgIpc) is 2.87. The van der Waals surface area contributed by atoms with Crippen LogP contribution in [0.15, 0.2) is 41.6 Å². The number of amides is 1. The van der Waals surface area contributed by atoms with E-state index in [1.54, 1.807) is 18.0 Å². The van der Waals surface area contributed by atoms with Crippen molar-refractivity contribution in [1.29, 1.82) is 0 Å². The van der Waals surface area contributed by atoms with Crippen LogP contribution in [0.1, 0.15) is 25.6 Å². The summed E-state index contributed by atoms with van der Waals surface area (Å²) >= 11 is 1.66. The van der Waals surface area contributed by atoms with Crippen LogP contribution in [0.5, 0.6) is 0 Å². The lowest BCUT2D eigenvalue weighted by atomic mass is 10.2. The molecule has 2 aromatic rings. The van der Waals surface area contributed by atoms with Crippen molar-refractivity contribution in [2.45, 2.75) is 31.2 Å². The number of imidazole rings is 1. The summed E-state index contributed by atoms with van der Waals surface area (Å²) in [5.41, 5.74) is 0.827. The van der Waals surface area contributed by atoms with E-state index in [0.717, 1.165) is 16.4 Å². The molecule has 0 saturated heterocycles. The molecule has 0 spiro atoms. The second kappa shape index (κ2) is 6.61. The van der Waals surface area contributed by atoms with Crippen LogP contribution in [0, 0.1) is 0 Å². The second-order valence-electron chi connectivity index (χ2n) is 4.85. The van der Waals surface area contributed by atoms with Gasteiger partial charge in [-0.1, -0.05) is 19.9 Å². The van der Waals surface area contributed by atoms with Crippen molar-refractivity contribution in [3.63, 3.8) is 0 Å². The van der Waals surface area contributed by atoms with Crippen LogP contribution in [0.2, 0.25) is 0 Å². The molecular formula is C15H19N3OS. The minimum atomic E-state index is -0.0387. The van der Waals surface area contributed by atoms with E-state index in [1.165, 1.54) is 0 Å². The first-order valence-corrected chi connectivity index (χ1v) is 7.77. The quantitative estimate of drug-likeness (QED) is 0.858. The number of carbonyl (C=O) groups is 1. The Morgan fingerprint density at radius 2 is 2.25 bits per heavy atom. The number of nitrogens with zero attached hydrogens (tertiary/aromatic N) is 2. The minimum absolute atomic E-state index is 0.0387. The maximum atomic E-state index is 12.1. The molecule has 0 atom stereocenters. The number of benzene rings is 1. The van der Waals surface area contributed by atoms with Gasteiger partial charge in [-0.3, -0.25) is 4.79 Å². The predicted octanol–water partition coefficient (Wildman–Crippen LogP) is 3.37. The van der Waals surface area contributed by atoms with Gasteiger partial charge in [-0.05, 0) is 24.5 Å². The lowest BCUT2D eigenvalue weighted by Gasteiger charge is -2.11. The van der Waals surface area contributed by atoms with E-state index in [9.17, 15) is 4.79 Å². The van der Waals surface area contributed by atoms with E-state index in [2.05, 4.69) is 24.1 Å². The zero-order valence-electron chi connectivity index (χ0n) is 12.0. The largest absolute Gasteiger partial charge is 0.325 e. The molecule has 0 bridgehead atoms. The molecule has 0 aliphatic heterocycles. The predicted molar refractivity (Wildman–Crippen MR) is 83.2 cm³/mol. The van der Waals surface area contributed by atoms with E-state index in [0.29, 0.717) is 5.92 Å². The Balaban J connectivity index is 2.03. The van der Waals surface area contributed by atoms with Crippen molar-refractivity contribution in [2.24, 2.45) is 0 Å². The van der Waals surface area contributed by atoms with Crippen molar-refractivity contribution in [1.82, 2.24) is 9.55 Å². The third kappa shape index (κ3) is 3.63. The summed E-state index contributed by atoms with van der Waals surface area (Å²) in [5, 5.41) is 2.92. The van der Waals surface area contributed by atoms with Crippen molar-refractivity contribution in [2.75, 3.05) is 11.6 Å². The highest BCUT2D eigenvalue weighted by atomic mass is 32.2. The molecular weight excluding hydrogens is 270 g/mol. The topological polar surface area (TPSA) is 46.9 Å². The summed E-state index contributed by atoms with van der Waals surface area (Å²) in [6, 6.07) is 7.83. The van der Waals surface area contributed by atoms with Gasteiger partial charge in [0.25, 0.3) is 0 Å². The molecule has 0 aliphatic rings. The highest BCUT2D eigenvalue weighted by Crippen LogP contribution is 2.19. The summed E-state index contributed by atoms with van der Waals surface area (Å²) in [7, 11) is 0. The number of aromatic nitrogens is 2. The van der Waals surface area contributed by atoms with Gasteiger partial charge in [-0.2, -0.15) is 0 Å². The highest BCUT2D eigenvalue weighted by molar-refractivity contribution is 7.98. The Hall–Kier alpha value is -1.75. The fourth-order valence-corrected chi connectivity index (χ4v) is 2.47. The summed E-state index contributed by atoms with van der Waals surface area (Å²) in [6.07, 6.45) is 5.59. The fourth-order valence-electron chi connectivity index (χ4n) is 2.01. The lowest BCUT2D eigenvalue weighted by Crippen LogP contribution is -2.20. The molecule has 4 nitrogen and oxygen atoms in total. The third-order valence-electron chi connectivity index (χ3n) is 2.93. The third-order valence-corrected chi connectivity index (χ3v) is 3.66. The van der Waals surface area contributed by atoms with Crippen LogP contribution < -0.4 is 5.32 Å². The molecule has 0 unspecified atom stereocenters. The highest BCUT2D eigenvalue weighted by Gasteiger charge is 2.10. The zero-order chi connectivity index (χ0) is 14.5. The molecule has 1 heterocycles. The molecule has 1 N–H and O–H groups in total. The molecule has 1 aromatic heterocycles. The molecule has 0 radical (unpaired) electrons. The number of hydrogen-bond acceptors (Lipinski definition) is 3. The van der Waals surface area contributed by atoms with Crippen molar-refractivity contribution < 1.29 is 4.79 Å². The molecule has 20 heavy (non-hydrogen) atoms. The Morgan fingerprint density at radius 1 is 1.45 bits per heavy atom. The minimum Gasteiger partial charge on any atom is -0.325 e. The summed E-state index contributed by atoms with van der Waals surface area (Å²) in [6.45, 7) is 4.42.